The van der Waals surface area contributed by atoms with E-state index in [1.54, 1.807) is 6.20 Å². The highest BCUT2D eigenvalue weighted by Crippen LogP contribution is 2.38. The predicted octanol–water partition coefficient (Wildman–Crippen LogP) is 4.56. The van der Waals surface area contributed by atoms with E-state index in [1.165, 1.54) is 29.2 Å². The Hall–Kier alpha value is -1.86. The normalized spacial score (nSPS) is 12.7. The third kappa shape index (κ3) is 4.80. The minimum absolute atomic E-state index is 0.00249. The standard InChI is InChI=1S/C15H15ClF3N3O/c1-2-7-23-9-14(22-6-5-20-10-22)21-13-4-3-11(16)8-12(13)15(17,18)19/h3-6,8,10H,2,7,9H2,1H3/b21-14+. The second-order valence-electron chi connectivity index (χ2n) is 4.71. The number of ether oxygens (including phenoxy) is 1. The summed E-state index contributed by atoms with van der Waals surface area (Å²) < 4.78 is 46.4. The first-order valence-corrected chi connectivity index (χ1v) is 7.30. The molecule has 0 radical (unpaired) electrons. The molecule has 1 heterocycles. The second-order valence-corrected chi connectivity index (χ2v) is 5.15. The Labute approximate surface area is 136 Å². The van der Waals surface area contributed by atoms with Gasteiger partial charge in [-0.3, -0.25) is 4.57 Å². The molecule has 8 heteroatoms. The van der Waals surface area contributed by atoms with Crippen molar-refractivity contribution < 1.29 is 17.9 Å². The van der Waals surface area contributed by atoms with Crippen molar-refractivity contribution in [1.29, 1.82) is 0 Å². The van der Waals surface area contributed by atoms with Crippen molar-refractivity contribution >= 4 is 23.1 Å². The smallest absolute Gasteiger partial charge is 0.374 e. The van der Waals surface area contributed by atoms with E-state index in [0.717, 1.165) is 12.5 Å². The zero-order chi connectivity index (χ0) is 16.9. The van der Waals surface area contributed by atoms with Gasteiger partial charge in [-0.1, -0.05) is 18.5 Å². The van der Waals surface area contributed by atoms with Crippen LogP contribution in [0.15, 0.2) is 41.9 Å². The summed E-state index contributed by atoms with van der Waals surface area (Å²) in [5.41, 5.74) is -1.11. The van der Waals surface area contributed by atoms with Crippen LogP contribution < -0.4 is 0 Å². The van der Waals surface area contributed by atoms with Crippen LogP contribution in [0.25, 0.3) is 0 Å². The number of benzene rings is 1. The van der Waals surface area contributed by atoms with E-state index in [2.05, 4.69) is 9.98 Å². The topological polar surface area (TPSA) is 39.4 Å². The molecule has 0 bridgehead atoms. The quantitative estimate of drug-likeness (QED) is 0.452. The van der Waals surface area contributed by atoms with Crippen LogP contribution in [0, 0.1) is 0 Å². The van der Waals surface area contributed by atoms with Crippen molar-refractivity contribution in [2.45, 2.75) is 19.5 Å². The first kappa shape index (κ1) is 17.5. The molecule has 0 N–H and O–H groups in total. The molecule has 0 fully saturated rings. The fourth-order valence-electron chi connectivity index (χ4n) is 1.86. The van der Waals surface area contributed by atoms with Crippen LogP contribution >= 0.6 is 11.6 Å². The van der Waals surface area contributed by atoms with Crippen LogP contribution in [0.1, 0.15) is 18.9 Å². The molecule has 2 aromatic rings. The largest absolute Gasteiger partial charge is 0.418 e. The van der Waals surface area contributed by atoms with E-state index in [1.807, 2.05) is 6.92 Å². The lowest BCUT2D eigenvalue weighted by Gasteiger charge is -2.13. The van der Waals surface area contributed by atoms with Gasteiger partial charge in [0.25, 0.3) is 0 Å². The number of halogens is 4. The summed E-state index contributed by atoms with van der Waals surface area (Å²) in [6.07, 6.45) is 0.816. The molecule has 0 spiro atoms. The molecule has 0 unspecified atom stereocenters. The summed E-state index contributed by atoms with van der Waals surface area (Å²) in [5.74, 6) is 0.309. The van der Waals surface area contributed by atoms with Gasteiger partial charge in [0.2, 0.25) is 0 Å². The van der Waals surface area contributed by atoms with Crippen molar-refractivity contribution in [3.63, 3.8) is 0 Å². The summed E-state index contributed by atoms with van der Waals surface area (Å²) in [6, 6.07) is 3.47. The summed E-state index contributed by atoms with van der Waals surface area (Å²) in [5, 5.41) is 0.00249. The van der Waals surface area contributed by atoms with Crippen LogP contribution in [-0.4, -0.2) is 28.6 Å². The molecule has 23 heavy (non-hydrogen) atoms. The average molecular weight is 346 g/mol. The number of aromatic nitrogens is 2. The van der Waals surface area contributed by atoms with Crippen LogP contribution in [-0.2, 0) is 10.9 Å². The molecule has 1 aromatic carbocycles. The number of rotatable bonds is 5. The van der Waals surface area contributed by atoms with Crippen molar-refractivity contribution in [2.75, 3.05) is 13.2 Å². The number of nitrogens with zero attached hydrogens (tertiary/aromatic N) is 3. The fraction of sp³-hybridized carbons (Fsp3) is 0.333. The number of alkyl halides is 3. The molecule has 0 saturated heterocycles. The van der Waals surface area contributed by atoms with Crippen LogP contribution in [0.4, 0.5) is 18.9 Å². The lowest BCUT2D eigenvalue weighted by molar-refractivity contribution is -0.137. The Morgan fingerprint density at radius 3 is 2.78 bits per heavy atom. The monoisotopic (exact) mass is 345 g/mol. The molecule has 0 saturated carbocycles. The van der Waals surface area contributed by atoms with Crippen LogP contribution in [0.2, 0.25) is 5.02 Å². The van der Waals surface area contributed by atoms with E-state index in [-0.39, 0.29) is 17.3 Å². The maximum Gasteiger partial charge on any atom is 0.418 e. The highest BCUT2D eigenvalue weighted by molar-refractivity contribution is 6.30. The van der Waals surface area contributed by atoms with Gasteiger partial charge < -0.3 is 4.74 Å². The summed E-state index contributed by atoms with van der Waals surface area (Å²) in [4.78, 5) is 8.00. The van der Waals surface area contributed by atoms with E-state index in [9.17, 15) is 13.2 Å². The minimum Gasteiger partial charge on any atom is -0.374 e. The van der Waals surface area contributed by atoms with Crippen molar-refractivity contribution in [3.8, 4) is 0 Å². The first-order valence-electron chi connectivity index (χ1n) is 6.92. The highest BCUT2D eigenvalue weighted by atomic mass is 35.5. The van der Waals surface area contributed by atoms with E-state index in [4.69, 9.17) is 16.3 Å². The number of hydrogen-bond donors (Lipinski definition) is 0. The molecule has 4 nitrogen and oxygen atoms in total. The summed E-state index contributed by atoms with van der Waals surface area (Å²) >= 11 is 5.67. The Morgan fingerprint density at radius 1 is 1.39 bits per heavy atom. The van der Waals surface area contributed by atoms with Gasteiger partial charge in [-0.15, -0.1) is 0 Å². The van der Waals surface area contributed by atoms with Crippen LogP contribution in [0.3, 0.4) is 0 Å². The zero-order valence-electron chi connectivity index (χ0n) is 12.3. The van der Waals surface area contributed by atoms with Gasteiger partial charge in [0.15, 0.2) is 0 Å². The molecule has 0 aliphatic heterocycles. The summed E-state index contributed by atoms with van der Waals surface area (Å²) in [7, 11) is 0. The van der Waals surface area contributed by atoms with Gasteiger partial charge >= 0.3 is 6.18 Å². The first-order chi connectivity index (χ1) is 10.9. The third-order valence-electron chi connectivity index (χ3n) is 2.90. The van der Waals surface area contributed by atoms with Gasteiger partial charge in [-0.2, -0.15) is 13.2 Å². The van der Waals surface area contributed by atoms with Crippen LogP contribution in [0.5, 0.6) is 0 Å². The maximum absolute atomic E-state index is 13.1. The number of imidazole rings is 1. The number of hydrogen-bond acceptors (Lipinski definition) is 3. The Morgan fingerprint density at radius 2 is 2.17 bits per heavy atom. The summed E-state index contributed by atoms with van der Waals surface area (Å²) in [6.45, 7) is 2.50. The average Bonchev–Trinajstić information content (AvgIpc) is 3.01. The Kier molecular flexibility index (Phi) is 5.79. The second kappa shape index (κ2) is 7.61. The molecule has 0 amide bonds. The maximum atomic E-state index is 13.1. The molecule has 0 aliphatic carbocycles. The van der Waals surface area contributed by atoms with E-state index in [0.29, 0.717) is 12.4 Å². The fourth-order valence-corrected chi connectivity index (χ4v) is 2.03. The minimum atomic E-state index is -4.55. The van der Waals surface area contributed by atoms with Gasteiger partial charge in [0.1, 0.15) is 18.8 Å². The van der Waals surface area contributed by atoms with Crippen molar-refractivity contribution in [2.24, 2.45) is 4.99 Å². The van der Waals surface area contributed by atoms with Gasteiger partial charge in [0, 0.05) is 24.0 Å². The van der Waals surface area contributed by atoms with Gasteiger partial charge in [-0.25, -0.2) is 9.98 Å². The molecule has 0 aliphatic rings. The third-order valence-corrected chi connectivity index (χ3v) is 3.13. The SMILES string of the molecule is CCCOC/C(=N\c1ccc(Cl)cc1C(F)(F)F)n1ccnc1. The van der Waals surface area contributed by atoms with Gasteiger partial charge in [0.05, 0.1) is 11.3 Å². The number of aliphatic imine (C=N–C) groups is 1. The van der Waals surface area contributed by atoms with Crippen molar-refractivity contribution in [1.82, 2.24) is 9.55 Å². The predicted molar refractivity (Wildman–Crippen MR) is 82.3 cm³/mol. The molecule has 2 rings (SSSR count). The molecule has 1 aromatic heterocycles. The molecular formula is C15H15ClF3N3O. The van der Waals surface area contributed by atoms with Gasteiger partial charge in [-0.05, 0) is 24.6 Å². The van der Waals surface area contributed by atoms with E-state index >= 15 is 0 Å². The zero-order valence-corrected chi connectivity index (χ0v) is 13.1. The molecular weight excluding hydrogens is 331 g/mol. The highest BCUT2D eigenvalue weighted by Gasteiger charge is 2.34. The lowest BCUT2D eigenvalue weighted by atomic mass is 10.1. The lowest BCUT2D eigenvalue weighted by Crippen LogP contribution is -2.18. The molecule has 124 valence electrons. The molecule has 0 atom stereocenters. The Bertz CT molecular complexity index is 669. The Balaban J connectivity index is 2.42. The van der Waals surface area contributed by atoms with E-state index < -0.39 is 11.7 Å². The van der Waals surface area contributed by atoms with Crippen molar-refractivity contribution in [3.05, 3.63) is 47.5 Å².